The topological polar surface area (TPSA) is 30.5 Å². The predicted octanol–water partition coefficient (Wildman–Crippen LogP) is 5.81. The summed E-state index contributed by atoms with van der Waals surface area (Å²) in [5, 5.41) is 5.96. The van der Waals surface area contributed by atoms with E-state index >= 15 is 0 Å². The summed E-state index contributed by atoms with van der Waals surface area (Å²) in [4.78, 5) is 1.28. The summed E-state index contributed by atoms with van der Waals surface area (Å²) in [5.41, 5.74) is 1.88. The van der Waals surface area contributed by atoms with Crippen LogP contribution in [0.25, 0.3) is 0 Å². The van der Waals surface area contributed by atoms with E-state index in [4.69, 9.17) is 21.1 Å². The molecule has 142 valence electrons. The number of nitrogens with one attached hydrogen (secondary N) is 1. The zero-order valence-electron chi connectivity index (χ0n) is 15.0. The van der Waals surface area contributed by atoms with Gasteiger partial charge in [-0.05, 0) is 53.8 Å². The molecule has 0 bridgehead atoms. The van der Waals surface area contributed by atoms with Crippen LogP contribution in [0.1, 0.15) is 22.9 Å². The maximum absolute atomic E-state index is 13.0. The highest BCUT2D eigenvalue weighted by Gasteiger charge is 2.13. The summed E-state index contributed by atoms with van der Waals surface area (Å²) in [6.45, 7) is 4.20. The third-order valence-corrected chi connectivity index (χ3v) is 5.03. The molecule has 0 fully saturated rings. The average molecular weight is 406 g/mol. The number of thiophene rings is 1. The third-order valence-electron chi connectivity index (χ3n) is 3.87. The standard InChI is InChI=1S/C21H21ClFNO2S/c1-2-25-20-11-16(12-24-13-18-4-3-9-27-18)10-19(22)21(20)26-14-15-5-7-17(23)8-6-15/h3-11,24H,2,12-14H2,1H3. The fraction of sp³-hybridized carbons (Fsp3) is 0.238. The fourth-order valence-corrected chi connectivity index (χ4v) is 3.57. The first-order valence-electron chi connectivity index (χ1n) is 8.71. The summed E-state index contributed by atoms with van der Waals surface area (Å²) < 4.78 is 24.6. The number of benzene rings is 2. The van der Waals surface area contributed by atoms with Gasteiger partial charge >= 0.3 is 0 Å². The van der Waals surface area contributed by atoms with Gasteiger partial charge in [-0.1, -0.05) is 29.8 Å². The van der Waals surface area contributed by atoms with E-state index in [0.29, 0.717) is 29.7 Å². The Labute approximate surface area is 167 Å². The molecule has 1 heterocycles. The molecule has 0 saturated heterocycles. The lowest BCUT2D eigenvalue weighted by molar-refractivity contribution is 0.269. The Morgan fingerprint density at radius 2 is 1.85 bits per heavy atom. The highest BCUT2D eigenvalue weighted by Crippen LogP contribution is 2.37. The SMILES string of the molecule is CCOc1cc(CNCc2cccs2)cc(Cl)c1OCc1ccc(F)cc1. The average Bonchev–Trinajstić information content (AvgIpc) is 3.16. The van der Waals surface area contributed by atoms with Crippen LogP contribution < -0.4 is 14.8 Å². The molecule has 27 heavy (non-hydrogen) atoms. The van der Waals surface area contributed by atoms with E-state index in [2.05, 4.69) is 16.8 Å². The molecule has 3 rings (SSSR count). The molecule has 1 N–H and O–H groups in total. The van der Waals surface area contributed by atoms with Crippen LogP contribution in [-0.4, -0.2) is 6.61 Å². The summed E-state index contributed by atoms with van der Waals surface area (Å²) in [5.74, 6) is 0.844. The van der Waals surface area contributed by atoms with E-state index < -0.39 is 0 Å². The lowest BCUT2D eigenvalue weighted by Gasteiger charge is -2.15. The van der Waals surface area contributed by atoms with E-state index in [-0.39, 0.29) is 12.4 Å². The minimum absolute atomic E-state index is 0.272. The molecule has 3 aromatic rings. The molecule has 1 aromatic heterocycles. The number of halogens is 2. The van der Waals surface area contributed by atoms with Gasteiger partial charge in [-0.15, -0.1) is 11.3 Å². The number of ether oxygens (including phenoxy) is 2. The normalized spacial score (nSPS) is 10.8. The first-order chi connectivity index (χ1) is 13.2. The first kappa shape index (κ1) is 19.7. The summed E-state index contributed by atoms with van der Waals surface area (Å²) >= 11 is 8.17. The van der Waals surface area contributed by atoms with Gasteiger partial charge in [0.15, 0.2) is 11.5 Å². The molecule has 0 spiro atoms. The number of hydrogen-bond acceptors (Lipinski definition) is 4. The van der Waals surface area contributed by atoms with Gasteiger partial charge in [0.1, 0.15) is 12.4 Å². The van der Waals surface area contributed by atoms with Crippen LogP contribution in [-0.2, 0) is 19.7 Å². The van der Waals surface area contributed by atoms with Crippen molar-refractivity contribution in [1.29, 1.82) is 0 Å². The van der Waals surface area contributed by atoms with Gasteiger partial charge in [-0.3, -0.25) is 0 Å². The molecule has 0 radical (unpaired) electrons. The van der Waals surface area contributed by atoms with Crippen LogP contribution in [0.3, 0.4) is 0 Å². The van der Waals surface area contributed by atoms with Crippen molar-refractivity contribution in [3.8, 4) is 11.5 Å². The molecule has 0 aliphatic rings. The summed E-state index contributed by atoms with van der Waals surface area (Å²) in [6.07, 6.45) is 0. The van der Waals surface area contributed by atoms with Crippen molar-refractivity contribution in [1.82, 2.24) is 5.32 Å². The van der Waals surface area contributed by atoms with Crippen LogP contribution >= 0.6 is 22.9 Å². The van der Waals surface area contributed by atoms with Crippen LogP contribution in [0.2, 0.25) is 5.02 Å². The molecule has 0 unspecified atom stereocenters. The molecule has 0 atom stereocenters. The first-order valence-corrected chi connectivity index (χ1v) is 9.97. The van der Waals surface area contributed by atoms with E-state index in [1.807, 2.05) is 25.1 Å². The molecular formula is C21H21ClFNO2S. The van der Waals surface area contributed by atoms with Crippen LogP contribution in [0, 0.1) is 5.82 Å². The van der Waals surface area contributed by atoms with Crippen LogP contribution in [0.15, 0.2) is 53.9 Å². The lowest BCUT2D eigenvalue weighted by atomic mass is 10.2. The Hall–Kier alpha value is -2.08. The van der Waals surface area contributed by atoms with Gasteiger partial charge in [-0.25, -0.2) is 4.39 Å². The minimum atomic E-state index is -0.272. The van der Waals surface area contributed by atoms with Crippen LogP contribution in [0.4, 0.5) is 4.39 Å². The van der Waals surface area contributed by atoms with Crippen molar-refractivity contribution in [2.24, 2.45) is 0 Å². The van der Waals surface area contributed by atoms with Gasteiger partial charge in [-0.2, -0.15) is 0 Å². The van der Waals surface area contributed by atoms with Crippen LogP contribution in [0.5, 0.6) is 11.5 Å². The van der Waals surface area contributed by atoms with Gasteiger partial charge in [0.2, 0.25) is 0 Å². The minimum Gasteiger partial charge on any atom is -0.490 e. The molecule has 0 aliphatic carbocycles. The molecule has 0 saturated carbocycles. The zero-order valence-corrected chi connectivity index (χ0v) is 16.6. The van der Waals surface area contributed by atoms with Crippen molar-refractivity contribution in [3.05, 3.63) is 80.8 Å². The second-order valence-electron chi connectivity index (χ2n) is 5.94. The Morgan fingerprint density at radius 1 is 1.04 bits per heavy atom. The molecule has 6 heteroatoms. The van der Waals surface area contributed by atoms with Gasteiger partial charge in [0.25, 0.3) is 0 Å². The highest BCUT2D eigenvalue weighted by molar-refractivity contribution is 7.09. The molecule has 3 nitrogen and oxygen atoms in total. The van der Waals surface area contributed by atoms with Crippen molar-refractivity contribution in [2.75, 3.05) is 6.61 Å². The highest BCUT2D eigenvalue weighted by atomic mass is 35.5. The molecule has 0 aliphatic heterocycles. The molecular weight excluding hydrogens is 385 g/mol. The number of rotatable bonds is 9. The van der Waals surface area contributed by atoms with E-state index in [9.17, 15) is 4.39 Å². The van der Waals surface area contributed by atoms with Crippen molar-refractivity contribution < 1.29 is 13.9 Å². The maximum atomic E-state index is 13.0. The van der Waals surface area contributed by atoms with E-state index in [1.54, 1.807) is 23.5 Å². The monoisotopic (exact) mass is 405 g/mol. The van der Waals surface area contributed by atoms with Crippen molar-refractivity contribution in [2.45, 2.75) is 26.6 Å². The summed E-state index contributed by atoms with van der Waals surface area (Å²) in [6, 6.07) is 14.2. The van der Waals surface area contributed by atoms with E-state index in [1.165, 1.54) is 17.0 Å². The molecule has 0 amide bonds. The largest absolute Gasteiger partial charge is 0.490 e. The Bertz CT molecular complexity index is 853. The Balaban J connectivity index is 1.68. The number of hydrogen-bond donors (Lipinski definition) is 1. The third kappa shape index (κ3) is 5.70. The smallest absolute Gasteiger partial charge is 0.180 e. The quantitative estimate of drug-likeness (QED) is 0.487. The zero-order chi connectivity index (χ0) is 19.1. The van der Waals surface area contributed by atoms with Gasteiger partial charge in [0, 0.05) is 18.0 Å². The van der Waals surface area contributed by atoms with Gasteiger partial charge in [0.05, 0.1) is 11.6 Å². The predicted molar refractivity (Wildman–Crippen MR) is 108 cm³/mol. The van der Waals surface area contributed by atoms with Gasteiger partial charge < -0.3 is 14.8 Å². The maximum Gasteiger partial charge on any atom is 0.180 e. The van der Waals surface area contributed by atoms with Crippen molar-refractivity contribution >= 4 is 22.9 Å². The Morgan fingerprint density at radius 3 is 2.56 bits per heavy atom. The second-order valence-corrected chi connectivity index (χ2v) is 7.38. The lowest BCUT2D eigenvalue weighted by Crippen LogP contribution is -2.12. The van der Waals surface area contributed by atoms with E-state index in [0.717, 1.165) is 17.7 Å². The fourth-order valence-electron chi connectivity index (χ4n) is 2.61. The molecule has 2 aromatic carbocycles. The summed E-state index contributed by atoms with van der Waals surface area (Å²) in [7, 11) is 0. The Kier molecular flexibility index (Phi) is 7.10. The van der Waals surface area contributed by atoms with Crippen molar-refractivity contribution in [3.63, 3.8) is 0 Å². The second kappa shape index (κ2) is 9.74.